The third-order valence-electron chi connectivity index (χ3n) is 3.50. The normalized spacial score (nSPS) is 12.6. The highest BCUT2D eigenvalue weighted by molar-refractivity contribution is 9.10. The molecule has 0 unspecified atom stereocenters. The second-order valence-corrected chi connectivity index (χ2v) is 8.48. The molecule has 0 radical (unpaired) electrons. The van der Waals surface area contributed by atoms with Crippen molar-refractivity contribution in [1.82, 2.24) is 4.72 Å². The molecule has 8 heteroatoms. The molecule has 0 aliphatic heterocycles. The van der Waals surface area contributed by atoms with Crippen molar-refractivity contribution in [1.29, 1.82) is 0 Å². The number of halogens is 1. The lowest BCUT2D eigenvalue weighted by Gasteiger charge is -2.13. The molecule has 2 aromatic carbocycles. The van der Waals surface area contributed by atoms with E-state index < -0.39 is 10.0 Å². The zero-order valence-corrected chi connectivity index (χ0v) is 16.9. The Morgan fingerprint density at radius 1 is 1.12 bits per heavy atom. The summed E-state index contributed by atoms with van der Waals surface area (Å²) >= 11 is 3.35. The highest BCUT2D eigenvalue weighted by Crippen LogP contribution is 2.16. The quantitative estimate of drug-likeness (QED) is 0.660. The fraction of sp³-hybridized carbons (Fsp3) is 0.278. The Bertz CT molecular complexity index is 836. The summed E-state index contributed by atoms with van der Waals surface area (Å²) in [6, 6.07) is 13.2. The van der Waals surface area contributed by atoms with Gasteiger partial charge < -0.3 is 10.1 Å². The van der Waals surface area contributed by atoms with Crippen LogP contribution in [-0.4, -0.2) is 34.1 Å². The van der Waals surface area contributed by atoms with Gasteiger partial charge in [0.1, 0.15) is 0 Å². The second-order valence-electron chi connectivity index (χ2n) is 5.85. The predicted octanol–water partition coefficient (Wildman–Crippen LogP) is 2.94. The van der Waals surface area contributed by atoms with Gasteiger partial charge in [-0.1, -0.05) is 28.1 Å². The minimum atomic E-state index is -3.63. The number of benzene rings is 2. The van der Waals surface area contributed by atoms with Gasteiger partial charge in [0.25, 0.3) is 0 Å². The van der Waals surface area contributed by atoms with E-state index in [0.29, 0.717) is 5.69 Å². The number of ether oxygens (including phenoxy) is 1. The molecule has 0 saturated carbocycles. The Morgan fingerprint density at radius 2 is 1.73 bits per heavy atom. The van der Waals surface area contributed by atoms with Crippen molar-refractivity contribution >= 4 is 37.5 Å². The molecule has 0 fully saturated rings. The molecule has 2 rings (SSSR count). The van der Waals surface area contributed by atoms with Gasteiger partial charge in [-0.2, -0.15) is 0 Å². The lowest BCUT2D eigenvalue weighted by Crippen LogP contribution is -2.35. The highest BCUT2D eigenvalue weighted by atomic mass is 79.9. The number of sulfonamides is 1. The first-order valence-electron chi connectivity index (χ1n) is 7.96. The lowest BCUT2D eigenvalue weighted by atomic mass is 10.1. The lowest BCUT2D eigenvalue weighted by molar-refractivity contribution is -0.115. The third-order valence-corrected chi connectivity index (χ3v) is 5.63. The van der Waals surface area contributed by atoms with Gasteiger partial charge in [0.2, 0.25) is 15.9 Å². The Labute approximate surface area is 162 Å². The summed E-state index contributed by atoms with van der Waals surface area (Å²) in [5.74, 6) is -0.172. The molecule has 1 amide bonds. The maximum absolute atomic E-state index is 12.3. The van der Waals surface area contributed by atoms with Gasteiger partial charge in [0.15, 0.2) is 0 Å². The van der Waals surface area contributed by atoms with Crippen LogP contribution in [0.2, 0.25) is 0 Å². The molecule has 0 bridgehead atoms. The standard InChI is InChI=1S/C18H21BrN2O4S/c1-13(12-25-2)21-26(23,24)17-9-7-16(8-10-17)20-18(22)11-14-3-5-15(19)6-4-14/h3-10,13,21H,11-12H2,1-2H3,(H,20,22)/t13-/m0/s1. The Kier molecular flexibility index (Phi) is 7.33. The zero-order chi connectivity index (χ0) is 19.2. The Hall–Kier alpha value is -1.74. The van der Waals surface area contributed by atoms with Crippen LogP contribution in [0.1, 0.15) is 12.5 Å². The maximum Gasteiger partial charge on any atom is 0.240 e. The van der Waals surface area contributed by atoms with Crippen LogP contribution in [0.4, 0.5) is 5.69 Å². The van der Waals surface area contributed by atoms with Crippen molar-refractivity contribution < 1.29 is 17.9 Å². The number of carbonyl (C=O) groups is 1. The molecule has 0 spiro atoms. The van der Waals surface area contributed by atoms with Gasteiger partial charge in [-0.25, -0.2) is 13.1 Å². The number of hydrogen-bond acceptors (Lipinski definition) is 4. The van der Waals surface area contributed by atoms with Gasteiger partial charge in [0.05, 0.1) is 17.9 Å². The third kappa shape index (κ3) is 6.21. The number of methoxy groups -OCH3 is 1. The first-order chi connectivity index (χ1) is 12.3. The summed E-state index contributed by atoms with van der Waals surface area (Å²) in [6.07, 6.45) is 0.240. The summed E-state index contributed by atoms with van der Waals surface area (Å²) in [4.78, 5) is 12.2. The van der Waals surface area contributed by atoms with Crippen LogP contribution in [0.5, 0.6) is 0 Å². The zero-order valence-electron chi connectivity index (χ0n) is 14.5. The van der Waals surface area contributed by atoms with Crippen molar-refractivity contribution in [3.63, 3.8) is 0 Å². The van der Waals surface area contributed by atoms with Crippen LogP contribution in [0.25, 0.3) is 0 Å². The average Bonchev–Trinajstić information content (AvgIpc) is 2.57. The van der Waals surface area contributed by atoms with Crippen LogP contribution in [0.3, 0.4) is 0 Å². The van der Waals surface area contributed by atoms with Crippen LogP contribution >= 0.6 is 15.9 Å². The van der Waals surface area contributed by atoms with E-state index in [4.69, 9.17) is 4.74 Å². The molecular weight excluding hydrogens is 420 g/mol. The van der Waals surface area contributed by atoms with E-state index in [9.17, 15) is 13.2 Å². The van der Waals surface area contributed by atoms with Gasteiger partial charge in [-0.3, -0.25) is 4.79 Å². The van der Waals surface area contributed by atoms with E-state index in [1.807, 2.05) is 24.3 Å². The van der Waals surface area contributed by atoms with Gasteiger partial charge in [-0.15, -0.1) is 0 Å². The number of anilines is 1. The smallest absolute Gasteiger partial charge is 0.240 e. The summed E-state index contributed by atoms with van der Waals surface area (Å²) in [7, 11) is -2.12. The van der Waals surface area contributed by atoms with Crippen molar-refractivity contribution in [2.75, 3.05) is 19.0 Å². The van der Waals surface area contributed by atoms with Crippen LogP contribution in [0.15, 0.2) is 57.9 Å². The van der Waals surface area contributed by atoms with Crippen molar-refractivity contribution in [2.24, 2.45) is 0 Å². The van der Waals surface area contributed by atoms with Crippen LogP contribution in [-0.2, 0) is 26.0 Å². The van der Waals surface area contributed by atoms with Crippen LogP contribution < -0.4 is 10.0 Å². The molecular formula is C18H21BrN2O4S. The number of nitrogens with one attached hydrogen (secondary N) is 2. The van der Waals surface area contributed by atoms with Gasteiger partial charge >= 0.3 is 0 Å². The van der Waals surface area contributed by atoms with Crippen molar-refractivity contribution in [3.8, 4) is 0 Å². The minimum Gasteiger partial charge on any atom is -0.383 e. The van der Waals surface area contributed by atoms with Gasteiger partial charge in [0, 0.05) is 23.3 Å². The topological polar surface area (TPSA) is 84.5 Å². The van der Waals surface area contributed by atoms with Crippen molar-refractivity contribution in [2.45, 2.75) is 24.3 Å². The first-order valence-corrected chi connectivity index (χ1v) is 10.2. The molecule has 0 aromatic heterocycles. The molecule has 26 heavy (non-hydrogen) atoms. The molecule has 2 aromatic rings. The van der Waals surface area contributed by atoms with E-state index in [0.717, 1.165) is 10.0 Å². The van der Waals surface area contributed by atoms with E-state index in [1.54, 1.807) is 19.1 Å². The molecule has 0 aliphatic rings. The SMILES string of the molecule is COC[C@H](C)NS(=O)(=O)c1ccc(NC(=O)Cc2ccc(Br)cc2)cc1. The van der Waals surface area contributed by atoms with Gasteiger partial charge in [-0.05, 0) is 48.9 Å². The largest absolute Gasteiger partial charge is 0.383 e. The molecule has 2 N–H and O–H groups in total. The molecule has 0 saturated heterocycles. The summed E-state index contributed by atoms with van der Waals surface area (Å²) < 4.78 is 32.9. The molecule has 6 nitrogen and oxygen atoms in total. The fourth-order valence-corrected chi connectivity index (χ4v) is 3.82. The van der Waals surface area contributed by atoms with E-state index in [1.165, 1.54) is 19.2 Å². The second kappa shape index (κ2) is 9.27. The molecule has 0 aliphatic carbocycles. The summed E-state index contributed by atoms with van der Waals surface area (Å²) in [5.41, 5.74) is 1.43. The van der Waals surface area contributed by atoms with E-state index in [-0.39, 0.29) is 29.9 Å². The number of hydrogen-bond donors (Lipinski definition) is 2. The first kappa shape index (κ1) is 20.6. The highest BCUT2D eigenvalue weighted by Gasteiger charge is 2.17. The Morgan fingerprint density at radius 3 is 2.31 bits per heavy atom. The molecule has 140 valence electrons. The summed E-state index contributed by atoms with van der Waals surface area (Å²) in [5, 5.41) is 2.76. The number of rotatable bonds is 8. The van der Waals surface area contributed by atoms with E-state index >= 15 is 0 Å². The van der Waals surface area contributed by atoms with E-state index in [2.05, 4.69) is 26.0 Å². The monoisotopic (exact) mass is 440 g/mol. The maximum atomic E-state index is 12.3. The Balaban J connectivity index is 1.98. The molecule has 0 heterocycles. The summed E-state index contributed by atoms with van der Waals surface area (Å²) in [6.45, 7) is 2.00. The molecule has 1 atom stereocenters. The minimum absolute atomic E-state index is 0.131. The number of amides is 1. The average molecular weight is 441 g/mol. The predicted molar refractivity (Wildman–Crippen MR) is 105 cm³/mol. The van der Waals surface area contributed by atoms with Crippen molar-refractivity contribution in [3.05, 3.63) is 58.6 Å². The van der Waals surface area contributed by atoms with Crippen LogP contribution in [0, 0.1) is 0 Å². The number of carbonyl (C=O) groups excluding carboxylic acids is 1. The fourth-order valence-electron chi connectivity index (χ4n) is 2.33.